The number of alkyl halides is 3. The van der Waals surface area contributed by atoms with E-state index >= 15 is 0 Å². The summed E-state index contributed by atoms with van der Waals surface area (Å²) in [6.45, 7) is 4.24. The number of halogens is 3. The molecule has 0 aliphatic heterocycles. The normalized spacial score (nSPS) is 13.7. The van der Waals surface area contributed by atoms with Gasteiger partial charge in [0.15, 0.2) is 5.79 Å². The summed E-state index contributed by atoms with van der Waals surface area (Å²) < 4.78 is 50.4. The first kappa shape index (κ1) is 25.0. The molecule has 0 N–H and O–H groups in total. The maximum Gasteiger partial charge on any atom is 0.416 e. The Balaban J connectivity index is 2.77. The molecule has 1 rings (SSSR count). The Bertz CT molecular complexity index is 531. The van der Waals surface area contributed by atoms with Gasteiger partial charge in [0.05, 0.1) is 5.56 Å². The zero-order valence-corrected chi connectivity index (χ0v) is 17.9. The van der Waals surface area contributed by atoms with Gasteiger partial charge in [-0.2, -0.15) is 13.2 Å². The first-order valence-corrected chi connectivity index (χ1v) is 10.6. The number of rotatable bonds is 14. The van der Waals surface area contributed by atoms with Gasteiger partial charge in [-0.3, -0.25) is 0 Å². The van der Waals surface area contributed by atoms with Crippen LogP contribution in [0.3, 0.4) is 0 Å². The maximum atomic E-state index is 13.0. The number of benzene rings is 1. The van der Waals surface area contributed by atoms with Crippen LogP contribution in [0.25, 0.3) is 0 Å². The lowest BCUT2D eigenvalue weighted by Gasteiger charge is -2.38. The standard InChI is InChI=1S/C23H37F3O2/c1-5-7-8-9-10-11-14-20(22(6-2,27-3)28-4)17-16-19-13-12-15-21(18-19)23(24,25)26/h12-13,15,18,20H,5-11,14,16-17H2,1-4H3. The molecular weight excluding hydrogens is 365 g/mol. The van der Waals surface area contributed by atoms with Crippen molar-refractivity contribution in [3.05, 3.63) is 35.4 Å². The van der Waals surface area contributed by atoms with Crippen molar-refractivity contribution in [1.29, 1.82) is 0 Å². The van der Waals surface area contributed by atoms with E-state index < -0.39 is 17.5 Å². The largest absolute Gasteiger partial charge is 0.416 e. The van der Waals surface area contributed by atoms with Crippen LogP contribution in [0.2, 0.25) is 0 Å². The molecule has 0 amide bonds. The van der Waals surface area contributed by atoms with Crippen LogP contribution in [0.15, 0.2) is 24.3 Å². The number of unbranched alkanes of at least 4 members (excludes halogenated alkanes) is 5. The van der Waals surface area contributed by atoms with E-state index in [4.69, 9.17) is 9.47 Å². The highest BCUT2D eigenvalue weighted by Crippen LogP contribution is 2.35. The Morgan fingerprint density at radius 1 is 0.893 bits per heavy atom. The van der Waals surface area contributed by atoms with E-state index in [2.05, 4.69) is 6.92 Å². The van der Waals surface area contributed by atoms with Gasteiger partial charge in [-0.1, -0.05) is 70.6 Å². The summed E-state index contributed by atoms with van der Waals surface area (Å²) >= 11 is 0. The minimum atomic E-state index is -4.31. The van der Waals surface area contributed by atoms with Crippen molar-refractivity contribution in [1.82, 2.24) is 0 Å². The highest BCUT2D eigenvalue weighted by Gasteiger charge is 2.37. The molecule has 0 aromatic heterocycles. The zero-order valence-electron chi connectivity index (χ0n) is 17.9. The number of ether oxygens (including phenoxy) is 2. The molecule has 0 heterocycles. The zero-order chi connectivity index (χ0) is 21.0. The van der Waals surface area contributed by atoms with Crippen LogP contribution in [0.1, 0.15) is 82.8 Å². The summed E-state index contributed by atoms with van der Waals surface area (Å²) in [4.78, 5) is 0. The second kappa shape index (κ2) is 12.5. The SMILES string of the molecule is CCCCCCCCC(CCc1cccc(C(F)(F)F)c1)C(CC)(OC)OC. The quantitative estimate of drug-likeness (QED) is 0.238. The fourth-order valence-corrected chi connectivity index (χ4v) is 3.99. The van der Waals surface area contributed by atoms with Crippen LogP contribution in [-0.2, 0) is 22.1 Å². The van der Waals surface area contributed by atoms with Gasteiger partial charge in [0.1, 0.15) is 0 Å². The van der Waals surface area contributed by atoms with Crippen molar-refractivity contribution in [3.8, 4) is 0 Å². The lowest BCUT2D eigenvalue weighted by molar-refractivity contribution is -0.244. The van der Waals surface area contributed by atoms with E-state index in [0.29, 0.717) is 18.4 Å². The maximum absolute atomic E-state index is 13.0. The molecule has 0 radical (unpaired) electrons. The van der Waals surface area contributed by atoms with E-state index in [1.807, 2.05) is 6.92 Å². The molecule has 0 spiro atoms. The highest BCUT2D eigenvalue weighted by molar-refractivity contribution is 5.25. The number of hydrogen-bond donors (Lipinski definition) is 0. The van der Waals surface area contributed by atoms with Crippen LogP contribution >= 0.6 is 0 Å². The molecule has 2 nitrogen and oxygen atoms in total. The van der Waals surface area contributed by atoms with Gasteiger partial charge in [0.25, 0.3) is 0 Å². The van der Waals surface area contributed by atoms with Crippen molar-refractivity contribution in [2.75, 3.05) is 14.2 Å². The van der Waals surface area contributed by atoms with Crippen LogP contribution in [0.4, 0.5) is 13.2 Å². The molecule has 0 aliphatic carbocycles. The van der Waals surface area contributed by atoms with E-state index in [1.54, 1.807) is 20.3 Å². The third-order valence-electron chi connectivity index (χ3n) is 5.75. The van der Waals surface area contributed by atoms with Gasteiger partial charge in [-0.15, -0.1) is 0 Å². The Kier molecular flexibility index (Phi) is 11.1. The lowest BCUT2D eigenvalue weighted by Crippen LogP contribution is -2.41. The average molecular weight is 403 g/mol. The van der Waals surface area contributed by atoms with Gasteiger partial charge in [-0.25, -0.2) is 0 Å². The fraction of sp³-hybridized carbons (Fsp3) is 0.739. The second-order valence-electron chi connectivity index (χ2n) is 7.56. The van der Waals surface area contributed by atoms with E-state index in [0.717, 1.165) is 25.3 Å². The first-order chi connectivity index (χ1) is 13.3. The molecule has 162 valence electrons. The minimum Gasteiger partial charge on any atom is -0.353 e. The smallest absolute Gasteiger partial charge is 0.353 e. The lowest BCUT2D eigenvalue weighted by atomic mass is 9.85. The monoisotopic (exact) mass is 402 g/mol. The molecule has 1 aromatic carbocycles. The molecular formula is C23H37F3O2. The molecule has 1 unspecified atom stereocenters. The second-order valence-corrected chi connectivity index (χ2v) is 7.56. The van der Waals surface area contributed by atoms with Crippen LogP contribution in [-0.4, -0.2) is 20.0 Å². The molecule has 1 aromatic rings. The van der Waals surface area contributed by atoms with Gasteiger partial charge >= 0.3 is 6.18 Å². The van der Waals surface area contributed by atoms with Crippen molar-refractivity contribution < 1.29 is 22.6 Å². The Labute approximate surface area is 168 Å². The van der Waals surface area contributed by atoms with Crippen molar-refractivity contribution >= 4 is 0 Å². The topological polar surface area (TPSA) is 18.5 Å². The Hall–Kier alpha value is -1.07. The van der Waals surface area contributed by atoms with E-state index in [9.17, 15) is 13.2 Å². The molecule has 28 heavy (non-hydrogen) atoms. The molecule has 0 fully saturated rings. The summed E-state index contributed by atoms with van der Waals surface area (Å²) in [5.41, 5.74) is 0.123. The van der Waals surface area contributed by atoms with Gasteiger partial charge < -0.3 is 9.47 Å². The van der Waals surface area contributed by atoms with Gasteiger partial charge in [-0.05, 0) is 37.3 Å². The third-order valence-corrected chi connectivity index (χ3v) is 5.75. The van der Waals surface area contributed by atoms with Crippen molar-refractivity contribution in [2.24, 2.45) is 5.92 Å². The Morgan fingerprint density at radius 2 is 1.54 bits per heavy atom. The average Bonchev–Trinajstić information content (AvgIpc) is 2.69. The van der Waals surface area contributed by atoms with Gasteiger partial charge in [0.2, 0.25) is 0 Å². The summed E-state index contributed by atoms with van der Waals surface area (Å²) in [5.74, 6) is -0.529. The Morgan fingerprint density at radius 3 is 2.11 bits per heavy atom. The van der Waals surface area contributed by atoms with Crippen molar-refractivity contribution in [2.45, 2.75) is 90.0 Å². The summed E-state index contributed by atoms with van der Waals surface area (Å²) in [6, 6.07) is 5.64. The predicted octanol–water partition coefficient (Wildman–Crippen LogP) is 7.40. The van der Waals surface area contributed by atoms with Crippen molar-refractivity contribution in [3.63, 3.8) is 0 Å². The first-order valence-electron chi connectivity index (χ1n) is 10.6. The molecule has 1 atom stereocenters. The van der Waals surface area contributed by atoms with E-state index in [1.165, 1.54) is 44.2 Å². The highest BCUT2D eigenvalue weighted by atomic mass is 19.4. The van der Waals surface area contributed by atoms with Crippen LogP contribution in [0, 0.1) is 5.92 Å². The predicted molar refractivity (Wildman–Crippen MR) is 108 cm³/mol. The number of hydrogen-bond acceptors (Lipinski definition) is 2. The third kappa shape index (κ3) is 7.75. The molecule has 0 saturated heterocycles. The molecule has 5 heteroatoms. The summed E-state index contributed by atoms with van der Waals surface area (Å²) in [6.07, 6.45) is 5.94. The summed E-state index contributed by atoms with van der Waals surface area (Å²) in [5, 5.41) is 0. The van der Waals surface area contributed by atoms with Gasteiger partial charge in [0, 0.05) is 20.1 Å². The number of aryl methyl sites for hydroxylation is 1. The van der Waals surface area contributed by atoms with Crippen LogP contribution in [0.5, 0.6) is 0 Å². The summed E-state index contributed by atoms with van der Waals surface area (Å²) in [7, 11) is 3.32. The van der Waals surface area contributed by atoms with Crippen LogP contribution < -0.4 is 0 Å². The molecule has 0 bridgehead atoms. The minimum absolute atomic E-state index is 0.146. The number of methoxy groups -OCH3 is 2. The van der Waals surface area contributed by atoms with E-state index in [-0.39, 0.29) is 5.92 Å². The molecule has 0 aliphatic rings. The molecule has 0 saturated carbocycles. The fourth-order valence-electron chi connectivity index (χ4n) is 3.99.